The van der Waals surface area contributed by atoms with Crippen molar-refractivity contribution < 1.29 is 27.8 Å². The summed E-state index contributed by atoms with van der Waals surface area (Å²) in [5.41, 5.74) is -3.56. The van der Waals surface area contributed by atoms with Crippen LogP contribution in [0.5, 0.6) is 5.75 Å². The summed E-state index contributed by atoms with van der Waals surface area (Å²) in [6.45, 7) is 2.21. The number of rotatable bonds is 7. The minimum atomic E-state index is -4.36. The normalized spacial score (nSPS) is 19.0. The lowest BCUT2D eigenvalue weighted by Gasteiger charge is -2.32. The molecule has 1 unspecified atom stereocenters. The van der Waals surface area contributed by atoms with E-state index in [0.717, 1.165) is 31.5 Å². The van der Waals surface area contributed by atoms with Gasteiger partial charge in [0, 0.05) is 19.5 Å². The van der Waals surface area contributed by atoms with Crippen LogP contribution in [0.1, 0.15) is 31.2 Å². The molecule has 25 heavy (non-hydrogen) atoms. The number of thioether (sulfide) groups is 1. The summed E-state index contributed by atoms with van der Waals surface area (Å²) < 4.78 is 43.1. The molecule has 2 rings (SSSR count). The highest BCUT2D eigenvalue weighted by Crippen LogP contribution is 2.42. The molecular weight excluding hydrogens is 355 g/mol. The topological polar surface area (TPSA) is 49.8 Å². The Balaban J connectivity index is 2.01. The predicted octanol–water partition coefficient (Wildman–Crippen LogP) is 4.38. The third kappa shape index (κ3) is 6.78. The van der Waals surface area contributed by atoms with Crippen LogP contribution in [0.4, 0.5) is 13.2 Å². The molecule has 8 heteroatoms. The predicted molar refractivity (Wildman–Crippen MR) is 89.8 cm³/mol. The molecule has 1 saturated heterocycles. The Labute approximate surface area is 149 Å². The van der Waals surface area contributed by atoms with Gasteiger partial charge in [-0.05, 0) is 61.2 Å². The summed E-state index contributed by atoms with van der Waals surface area (Å²) in [4.78, 5) is 12.9. The van der Waals surface area contributed by atoms with Crippen LogP contribution in [-0.2, 0) is 11.3 Å². The highest BCUT2D eigenvalue weighted by atomic mass is 32.2. The number of carboxylic acid groups (broad SMARTS) is 1. The zero-order chi connectivity index (χ0) is 18.4. The first-order valence-corrected chi connectivity index (χ1v) is 8.95. The van der Waals surface area contributed by atoms with Gasteiger partial charge in [-0.1, -0.05) is 6.07 Å². The number of methoxy groups -OCH3 is 1. The van der Waals surface area contributed by atoms with Crippen molar-refractivity contribution in [3.05, 3.63) is 23.8 Å². The fourth-order valence-corrected chi connectivity index (χ4v) is 3.85. The number of likely N-dealkylation sites (tertiary alicyclic amines) is 1. The lowest BCUT2D eigenvalue weighted by molar-refractivity contribution is -0.137. The first-order chi connectivity index (χ1) is 11.8. The van der Waals surface area contributed by atoms with Gasteiger partial charge in [0.2, 0.25) is 0 Å². The molecule has 1 aromatic carbocycles. The maximum atomic E-state index is 12.7. The molecule has 1 atom stereocenters. The summed E-state index contributed by atoms with van der Waals surface area (Å²) in [6.07, 6.45) is 2.78. The minimum Gasteiger partial charge on any atom is -0.496 e. The fourth-order valence-electron chi connectivity index (χ4n) is 3.14. The first-order valence-electron chi connectivity index (χ1n) is 8.13. The van der Waals surface area contributed by atoms with Gasteiger partial charge in [0.15, 0.2) is 0 Å². The standard InChI is InChI=1S/C17H22F3NO3S/c1-24-14-6-4-13(9-15(14)25-17(18,19)20)11-21-8-2-3-12(10-21)5-7-16(22)23/h4,6,9,12H,2-3,5,7-8,10-11H2,1H3,(H,22,23). The van der Waals surface area contributed by atoms with Gasteiger partial charge < -0.3 is 9.84 Å². The Morgan fingerprint density at radius 2 is 2.20 bits per heavy atom. The molecule has 0 spiro atoms. The number of alkyl halides is 3. The number of aliphatic carboxylic acids is 1. The molecular formula is C17H22F3NO3S. The number of carbonyl (C=O) groups is 1. The molecule has 0 aromatic heterocycles. The van der Waals surface area contributed by atoms with Crippen molar-refractivity contribution in [2.45, 2.75) is 42.6 Å². The van der Waals surface area contributed by atoms with Crippen LogP contribution in [0.25, 0.3) is 0 Å². The summed E-state index contributed by atoms with van der Waals surface area (Å²) in [6, 6.07) is 4.87. The van der Waals surface area contributed by atoms with E-state index in [4.69, 9.17) is 9.84 Å². The van der Waals surface area contributed by atoms with Gasteiger partial charge >= 0.3 is 11.5 Å². The molecule has 0 bridgehead atoms. The maximum absolute atomic E-state index is 12.7. The Morgan fingerprint density at radius 1 is 1.44 bits per heavy atom. The number of hydrogen-bond acceptors (Lipinski definition) is 4. The molecule has 1 aliphatic heterocycles. The van der Waals surface area contributed by atoms with E-state index in [0.29, 0.717) is 18.9 Å². The fraction of sp³-hybridized carbons (Fsp3) is 0.588. The second kappa shape index (κ2) is 8.80. The van der Waals surface area contributed by atoms with Gasteiger partial charge in [-0.2, -0.15) is 13.2 Å². The van der Waals surface area contributed by atoms with Crippen molar-refractivity contribution in [3.8, 4) is 5.75 Å². The van der Waals surface area contributed by atoms with Crippen molar-refractivity contribution >= 4 is 17.7 Å². The second-order valence-electron chi connectivity index (χ2n) is 6.21. The number of piperidine rings is 1. The van der Waals surface area contributed by atoms with E-state index in [-0.39, 0.29) is 28.8 Å². The zero-order valence-electron chi connectivity index (χ0n) is 14.0. The molecule has 1 N–H and O–H groups in total. The van der Waals surface area contributed by atoms with E-state index in [1.54, 1.807) is 12.1 Å². The van der Waals surface area contributed by atoms with Gasteiger partial charge in [-0.3, -0.25) is 9.69 Å². The van der Waals surface area contributed by atoms with Gasteiger partial charge in [0.25, 0.3) is 0 Å². The van der Waals surface area contributed by atoms with E-state index in [2.05, 4.69) is 4.90 Å². The van der Waals surface area contributed by atoms with Crippen molar-refractivity contribution in [3.63, 3.8) is 0 Å². The zero-order valence-corrected chi connectivity index (χ0v) is 14.8. The number of halogens is 3. The maximum Gasteiger partial charge on any atom is 0.446 e. The molecule has 1 aliphatic rings. The molecule has 0 saturated carbocycles. The van der Waals surface area contributed by atoms with Crippen LogP contribution >= 0.6 is 11.8 Å². The van der Waals surface area contributed by atoms with Crippen LogP contribution in [0, 0.1) is 5.92 Å². The summed E-state index contributed by atoms with van der Waals surface area (Å²) in [5.74, 6) is -0.253. The molecule has 0 amide bonds. The second-order valence-corrected chi connectivity index (χ2v) is 7.32. The van der Waals surface area contributed by atoms with Gasteiger partial charge in [-0.25, -0.2) is 0 Å². The average molecular weight is 377 g/mol. The van der Waals surface area contributed by atoms with Crippen LogP contribution in [0.15, 0.2) is 23.1 Å². The Morgan fingerprint density at radius 3 is 2.84 bits per heavy atom. The lowest BCUT2D eigenvalue weighted by atomic mass is 9.93. The third-order valence-electron chi connectivity index (χ3n) is 4.23. The Hall–Kier alpha value is -1.41. The van der Waals surface area contributed by atoms with Gasteiger partial charge in [0.1, 0.15) is 5.75 Å². The quantitative estimate of drug-likeness (QED) is 0.715. The number of ether oxygens (including phenoxy) is 1. The summed E-state index contributed by atoms with van der Waals surface area (Å²) in [7, 11) is 1.35. The van der Waals surface area contributed by atoms with Crippen LogP contribution in [0.3, 0.4) is 0 Å². The van der Waals surface area contributed by atoms with E-state index in [1.807, 2.05) is 0 Å². The highest BCUT2D eigenvalue weighted by Gasteiger charge is 2.31. The lowest BCUT2D eigenvalue weighted by Crippen LogP contribution is -2.35. The van der Waals surface area contributed by atoms with Crippen LogP contribution in [0.2, 0.25) is 0 Å². The van der Waals surface area contributed by atoms with Crippen LogP contribution < -0.4 is 4.74 Å². The number of nitrogens with zero attached hydrogens (tertiary/aromatic N) is 1. The highest BCUT2D eigenvalue weighted by molar-refractivity contribution is 8.00. The third-order valence-corrected chi connectivity index (χ3v) is 5.00. The number of carboxylic acids is 1. The SMILES string of the molecule is COc1ccc(CN2CCCC(CCC(=O)O)C2)cc1SC(F)(F)F. The molecule has 1 aromatic rings. The number of hydrogen-bond donors (Lipinski definition) is 1. The van der Waals surface area contributed by atoms with Crippen molar-refractivity contribution in [2.75, 3.05) is 20.2 Å². The smallest absolute Gasteiger partial charge is 0.446 e. The molecule has 4 nitrogen and oxygen atoms in total. The van der Waals surface area contributed by atoms with E-state index in [1.165, 1.54) is 13.2 Å². The van der Waals surface area contributed by atoms with E-state index >= 15 is 0 Å². The van der Waals surface area contributed by atoms with E-state index in [9.17, 15) is 18.0 Å². The molecule has 0 radical (unpaired) electrons. The minimum absolute atomic E-state index is 0.0620. The summed E-state index contributed by atoms with van der Waals surface area (Å²) >= 11 is -0.169. The average Bonchev–Trinajstić information content (AvgIpc) is 2.52. The summed E-state index contributed by atoms with van der Waals surface area (Å²) in [5, 5.41) is 8.80. The number of benzene rings is 1. The molecule has 0 aliphatic carbocycles. The molecule has 1 heterocycles. The largest absolute Gasteiger partial charge is 0.496 e. The first kappa shape index (κ1) is 19.9. The molecule has 140 valence electrons. The Kier molecular flexibility index (Phi) is 7.01. The van der Waals surface area contributed by atoms with Gasteiger partial charge in [-0.15, -0.1) is 0 Å². The van der Waals surface area contributed by atoms with Crippen molar-refractivity contribution in [1.29, 1.82) is 0 Å². The van der Waals surface area contributed by atoms with Crippen molar-refractivity contribution in [2.24, 2.45) is 5.92 Å². The molecule has 1 fully saturated rings. The van der Waals surface area contributed by atoms with E-state index < -0.39 is 11.5 Å². The van der Waals surface area contributed by atoms with Crippen molar-refractivity contribution in [1.82, 2.24) is 4.90 Å². The van der Waals surface area contributed by atoms with Gasteiger partial charge in [0.05, 0.1) is 12.0 Å². The monoisotopic (exact) mass is 377 g/mol. The van der Waals surface area contributed by atoms with Crippen LogP contribution in [-0.4, -0.2) is 41.7 Å². The Bertz CT molecular complexity index is 595.